The minimum absolute atomic E-state index is 0.0112. The number of hydrogen-bond donors (Lipinski definition) is 2. The molecule has 0 unspecified atom stereocenters. The van der Waals surface area contributed by atoms with Crippen LogP contribution in [-0.4, -0.2) is 47.2 Å². The molecule has 1 aromatic carbocycles. The first-order chi connectivity index (χ1) is 16.0. The second-order valence-corrected chi connectivity index (χ2v) is 9.14. The van der Waals surface area contributed by atoms with E-state index >= 15 is 0 Å². The summed E-state index contributed by atoms with van der Waals surface area (Å²) < 4.78 is 11.1. The molecule has 2 fully saturated rings. The summed E-state index contributed by atoms with van der Waals surface area (Å²) in [6, 6.07) is 7.59. The van der Waals surface area contributed by atoms with Gasteiger partial charge in [0.1, 0.15) is 18.1 Å². The zero-order valence-corrected chi connectivity index (χ0v) is 19.6. The molecule has 1 saturated carbocycles. The topological polar surface area (TPSA) is 96.7 Å². The van der Waals surface area contributed by atoms with E-state index in [4.69, 9.17) is 9.26 Å². The molecule has 178 valence electrons. The summed E-state index contributed by atoms with van der Waals surface area (Å²) in [5.41, 5.74) is 2.34. The largest absolute Gasteiger partial charge is 0.489 e. The second kappa shape index (κ2) is 10.7. The van der Waals surface area contributed by atoms with E-state index in [9.17, 15) is 9.59 Å². The number of likely N-dealkylation sites (tertiary alicyclic amines) is 1. The highest BCUT2D eigenvalue weighted by atomic mass is 16.5. The van der Waals surface area contributed by atoms with Gasteiger partial charge < -0.3 is 24.8 Å². The van der Waals surface area contributed by atoms with E-state index in [1.165, 1.54) is 19.3 Å². The molecule has 0 atom stereocenters. The molecule has 0 spiro atoms. The van der Waals surface area contributed by atoms with E-state index < -0.39 is 0 Å². The number of nitrogens with zero attached hydrogens (tertiary/aromatic N) is 2. The number of urea groups is 1. The number of piperidine rings is 1. The number of amides is 3. The lowest BCUT2D eigenvalue weighted by molar-refractivity contribution is 0.0707. The van der Waals surface area contributed by atoms with Crippen molar-refractivity contribution >= 4 is 11.9 Å². The molecule has 2 aliphatic rings. The van der Waals surface area contributed by atoms with Crippen molar-refractivity contribution in [3.8, 4) is 5.75 Å². The van der Waals surface area contributed by atoms with Gasteiger partial charge in [-0.05, 0) is 57.7 Å². The van der Waals surface area contributed by atoms with Gasteiger partial charge in [0.15, 0.2) is 0 Å². The van der Waals surface area contributed by atoms with Crippen molar-refractivity contribution in [2.45, 2.75) is 77.5 Å². The molecule has 33 heavy (non-hydrogen) atoms. The van der Waals surface area contributed by atoms with E-state index in [2.05, 4.69) is 15.8 Å². The van der Waals surface area contributed by atoms with Crippen LogP contribution in [-0.2, 0) is 6.61 Å². The Balaban J connectivity index is 1.25. The van der Waals surface area contributed by atoms with Gasteiger partial charge in [-0.3, -0.25) is 4.79 Å². The maximum Gasteiger partial charge on any atom is 0.315 e. The van der Waals surface area contributed by atoms with Gasteiger partial charge in [0.2, 0.25) is 0 Å². The molecule has 1 saturated heterocycles. The predicted molar refractivity (Wildman–Crippen MR) is 124 cm³/mol. The fraction of sp³-hybridized carbons (Fsp3) is 0.560. The first kappa shape index (κ1) is 23.1. The molecule has 2 heterocycles. The molecule has 1 aromatic heterocycles. The van der Waals surface area contributed by atoms with Crippen molar-refractivity contribution in [3.05, 3.63) is 46.8 Å². The van der Waals surface area contributed by atoms with Crippen molar-refractivity contribution < 1.29 is 18.8 Å². The molecule has 2 aromatic rings. The maximum absolute atomic E-state index is 13.0. The Hall–Kier alpha value is -3.03. The Bertz CT molecular complexity index is 940. The van der Waals surface area contributed by atoms with Gasteiger partial charge in [0.05, 0.1) is 11.3 Å². The third kappa shape index (κ3) is 6.06. The molecule has 0 bridgehead atoms. The highest BCUT2D eigenvalue weighted by molar-refractivity contribution is 5.94. The molecule has 2 N–H and O–H groups in total. The Labute approximate surface area is 195 Å². The number of aromatic nitrogens is 1. The summed E-state index contributed by atoms with van der Waals surface area (Å²) in [4.78, 5) is 27.2. The molecule has 0 radical (unpaired) electrons. The lowest BCUT2D eigenvalue weighted by Crippen LogP contribution is -2.51. The molecule has 8 heteroatoms. The van der Waals surface area contributed by atoms with Crippen LogP contribution in [0.15, 0.2) is 28.8 Å². The van der Waals surface area contributed by atoms with Crippen molar-refractivity contribution in [3.63, 3.8) is 0 Å². The molecular weight excluding hydrogens is 420 g/mol. The number of nitrogens with one attached hydrogen (secondary N) is 2. The monoisotopic (exact) mass is 454 g/mol. The molecule has 8 nitrogen and oxygen atoms in total. The molecule has 1 aliphatic carbocycles. The van der Waals surface area contributed by atoms with E-state index in [0.717, 1.165) is 42.7 Å². The van der Waals surface area contributed by atoms with Crippen LogP contribution in [0.1, 0.15) is 72.3 Å². The molecular formula is C25H34N4O4. The SMILES string of the molecule is Cc1noc(C)c1COc1cccc(C(=O)N2CCC(NC(=O)NC3CCCCC3)CC2)c1. The van der Waals surface area contributed by atoms with Crippen LogP contribution in [0.4, 0.5) is 4.79 Å². The minimum atomic E-state index is -0.0742. The van der Waals surface area contributed by atoms with Gasteiger partial charge in [-0.15, -0.1) is 0 Å². The quantitative estimate of drug-likeness (QED) is 0.685. The lowest BCUT2D eigenvalue weighted by Gasteiger charge is -2.33. The average molecular weight is 455 g/mol. The number of aryl methyl sites for hydroxylation is 2. The number of carbonyl (C=O) groups is 2. The summed E-state index contributed by atoms with van der Waals surface area (Å²) in [6.07, 6.45) is 7.30. The van der Waals surface area contributed by atoms with Crippen molar-refractivity contribution in [1.29, 1.82) is 0 Å². The van der Waals surface area contributed by atoms with Gasteiger partial charge in [0.25, 0.3) is 5.91 Å². The summed E-state index contributed by atoms with van der Waals surface area (Å²) >= 11 is 0. The lowest BCUT2D eigenvalue weighted by atomic mass is 9.96. The fourth-order valence-electron chi connectivity index (χ4n) is 4.65. The van der Waals surface area contributed by atoms with Crippen LogP contribution in [0, 0.1) is 13.8 Å². The first-order valence-corrected chi connectivity index (χ1v) is 12.0. The Morgan fingerprint density at radius 2 is 1.76 bits per heavy atom. The predicted octanol–water partition coefficient (Wildman–Crippen LogP) is 4.11. The van der Waals surface area contributed by atoms with E-state index in [-0.39, 0.29) is 18.0 Å². The first-order valence-electron chi connectivity index (χ1n) is 12.0. The molecule has 1 aliphatic heterocycles. The van der Waals surface area contributed by atoms with Crippen molar-refractivity contribution in [1.82, 2.24) is 20.7 Å². The Kier molecular flexibility index (Phi) is 7.52. The third-order valence-electron chi connectivity index (χ3n) is 6.70. The number of benzene rings is 1. The van der Waals surface area contributed by atoms with Crippen LogP contribution in [0.2, 0.25) is 0 Å². The maximum atomic E-state index is 13.0. The number of carbonyl (C=O) groups excluding carboxylic acids is 2. The Morgan fingerprint density at radius 1 is 1.06 bits per heavy atom. The number of hydrogen-bond acceptors (Lipinski definition) is 5. The molecule has 4 rings (SSSR count). The highest BCUT2D eigenvalue weighted by Gasteiger charge is 2.25. The highest BCUT2D eigenvalue weighted by Crippen LogP contribution is 2.21. The summed E-state index contributed by atoms with van der Waals surface area (Å²) in [5.74, 6) is 1.36. The van der Waals surface area contributed by atoms with Gasteiger partial charge in [-0.1, -0.05) is 30.5 Å². The normalized spacial score (nSPS) is 17.6. The number of ether oxygens (including phenoxy) is 1. The van der Waals surface area contributed by atoms with Crippen LogP contribution in [0.3, 0.4) is 0 Å². The van der Waals surface area contributed by atoms with E-state index in [0.29, 0.717) is 37.1 Å². The smallest absolute Gasteiger partial charge is 0.315 e. The van der Waals surface area contributed by atoms with E-state index in [1.807, 2.05) is 36.9 Å². The van der Waals surface area contributed by atoms with Gasteiger partial charge in [-0.2, -0.15) is 0 Å². The average Bonchev–Trinajstić information content (AvgIpc) is 3.15. The fourth-order valence-corrected chi connectivity index (χ4v) is 4.65. The zero-order chi connectivity index (χ0) is 23.2. The summed E-state index contributed by atoms with van der Waals surface area (Å²) in [5, 5.41) is 10.1. The number of rotatable bonds is 6. The van der Waals surface area contributed by atoms with Crippen LogP contribution < -0.4 is 15.4 Å². The van der Waals surface area contributed by atoms with Crippen LogP contribution in [0.25, 0.3) is 0 Å². The van der Waals surface area contributed by atoms with Gasteiger partial charge in [0, 0.05) is 30.7 Å². The van der Waals surface area contributed by atoms with Crippen molar-refractivity contribution in [2.75, 3.05) is 13.1 Å². The van der Waals surface area contributed by atoms with Crippen LogP contribution in [0.5, 0.6) is 5.75 Å². The second-order valence-electron chi connectivity index (χ2n) is 9.14. The van der Waals surface area contributed by atoms with E-state index in [1.54, 1.807) is 6.07 Å². The summed E-state index contributed by atoms with van der Waals surface area (Å²) in [6.45, 7) is 5.33. The minimum Gasteiger partial charge on any atom is -0.489 e. The molecule has 3 amide bonds. The van der Waals surface area contributed by atoms with Crippen LogP contribution >= 0.6 is 0 Å². The Morgan fingerprint density at radius 3 is 2.42 bits per heavy atom. The third-order valence-corrected chi connectivity index (χ3v) is 6.70. The zero-order valence-electron chi connectivity index (χ0n) is 19.6. The van der Waals surface area contributed by atoms with Gasteiger partial charge >= 0.3 is 6.03 Å². The summed E-state index contributed by atoms with van der Waals surface area (Å²) in [7, 11) is 0. The standard InChI is InChI=1S/C25H34N4O4/c1-17-23(18(2)33-28-17)16-32-22-10-6-7-19(15-22)24(30)29-13-11-21(12-14-29)27-25(31)26-20-8-4-3-5-9-20/h6-7,10,15,20-21H,3-5,8-9,11-14,16H2,1-2H3,(H2,26,27,31). The van der Waals surface area contributed by atoms with Crippen molar-refractivity contribution in [2.24, 2.45) is 0 Å². The van der Waals surface area contributed by atoms with Gasteiger partial charge in [-0.25, -0.2) is 4.79 Å².